The largest absolute Gasteiger partial charge is 0.469 e. The van der Waals surface area contributed by atoms with E-state index in [0.29, 0.717) is 13.1 Å². The van der Waals surface area contributed by atoms with Gasteiger partial charge < -0.3 is 15.0 Å². The molecule has 2 rings (SSSR count). The van der Waals surface area contributed by atoms with E-state index in [1.165, 1.54) is 13.5 Å². The molecule has 0 aromatic carbocycles. The van der Waals surface area contributed by atoms with Crippen LogP contribution in [0.15, 0.2) is 24.4 Å². The zero-order chi connectivity index (χ0) is 17.4. The van der Waals surface area contributed by atoms with Crippen molar-refractivity contribution in [1.29, 1.82) is 0 Å². The highest BCUT2D eigenvalue weighted by Gasteiger charge is 2.24. The molecule has 0 spiro atoms. The van der Waals surface area contributed by atoms with Gasteiger partial charge in [-0.15, -0.1) is 0 Å². The molecule has 1 saturated carbocycles. The lowest BCUT2D eigenvalue weighted by molar-refractivity contribution is -0.145. The molecular weight excluding hydrogens is 306 g/mol. The third kappa shape index (κ3) is 5.51. The number of esters is 1. The molecule has 24 heavy (non-hydrogen) atoms. The number of methoxy groups -OCH3 is 1. The van der Waals surface area contributed by atoms with Crippen molar-refractivity contribution in [2.24, 2.45) is 5.92 Å². The molecule has 1 aromatic heterocycles. The molecule has 0 aliphatic heterocycles. The molecule has 1 N–H and O–H groups in total. The summed E-state index contributed by atoms with van der Waals surface area (Å²) in [4.78, 5) is 30.3. The molecule has 0 bridgehead atoms. The van der Waals surface area contributed by atoms with Crippen LogP contribution in [0.3, 0.4) is 0 Å². The zero-order valence-electron chi connectivity index (χ0n) is 14.5. The molecule has 1 atom stereocenters. The summed E-state index contributed by atoms with van der Waals surface area (Å²) in [5, 5.41) is 3.11. The quantitative estimate of drug-likeness (QED) is 0.813. The van der Waals surface area contributed by atoms with Gasteiger partial charge in [-0.3, -0.25) is 9.78 Å². The molecule has 6 nitrogen and oxygen atoms in total. The van der Waals surface area contributed by atoms with Gasteiger partial charge in [0.1, 0.15) is 0 Å². The maximum Gasteiger partial charge on any atom is 0.317 e. The zero-order valence-corrected chi connectivity index (χ0v) is 14.5. The van der Waals surface area contributed by atoms with E-state index in [1.807, 2.05) is 18.2 Å². The highest BCUT2D eigenvalue weighted by Crippen LogP contribution is 2.18. The van der Waals surface area contributed by atoms with Crippen LogP contribution >= 0.6 is 0 Å². The van der Waals surface area contributed by atoms with Crippen molar-refractivity contribution in [1.82, 2.24) is 15.2 Å². The van der Waals surface area contributed by atoms with Crippen LogP contribution < -0.4 is 5.32 Å². The van der Waals surface area contributed by atoms with Gasteiger partial charge in [0.15, 0.2) is 0 Å². The van der Waals surface area contributed by atoms with Gasteiger partial charge in [-0.1, -0.05) is 32.3 Å². The second-order valence-corrected chi connectivity index (χ2v) is 6.41. The summed E-state index contributed by atoms with van der Waals surface area (Å²) in [5.41, 5.74) is 0.799. The van der Waals surface area contributed by atoms with Crippen molar-refractivity contribution in [2.75, 3.05) is 13.7 Å². The second-order valence-electron chi connectivity index (χ2n) is 6.41. The fourth-order valence-corrected chi connectivity index (χ4v) is 3.03. The Morgan fingerprint density at radius 3 is 2.71 bits per heavy atom. The highest BCUT2D eigenvalue weighted by molar-refractivity contribution is 5.76. The van der Waals surface area contributed by atoms with E-state index in [2.05, 4.69) is 10.3 Å². The Morgan fingerprint density at radius 2 is 2.08 bits per heavy atom. The number of nitrogens with one attached hydrogen (secondary N) is 1. The number of nitrogens with zero attached hydrogens (tertiary/aromatic N) is 2. The summed E-state index contributed by atoms with van der Waals surface area (Å²) in [7, 11) is 1.37. The number of carbonyl (C=O) groups excluding carboxylic acids is 2. The minimum atomic E-state index is -0.379. The van der Waals surface area contributed by atoms with E-state index < -0.39 is 0 Å². The third-order valence-electron chi connectivity index (χ3n) is 4.40. The van der Waals surface area contributed by atoms with Crippen LogP contribution in [0.25, 0.3) is 0 Å². The number of urea groups is 1. The molecular formula is C18H27N3O3. The highest BCUT2D eigenvalue weighted by atomic mass is 16.5. The van der Waals surface area contributed by atoms with Crippen molar-refractivity contribution in [3.8, 4) is 0 Å². The number of amides is 2. The number of pyridine rings is 1. The molecule has 1 aliphatic rings. The second kappa shape index (κ2) is 9.25. The third-order valence-corrected chi connectivity index (χ3v) is 4.40. The predicted octanol–water partition coefficient (Wildman–Crippen LogP) is 2.74. The maximum atomic E-state index is 12.7. The van der Waals surface area contributed by atoms with Gasteiger partial charge in [0.05, 0.1) is 25.3 Å². The predicted molar refractivity (Wildman–Crippen MR) is 91.2 cm³/mol. The lowest BCUT2D eigenvalue weighted by Gasteiger charge is -2.29. The van der Waals surface area contributed by atoms with Crippen LogP contribution in [0.1, 0.15) is 44.7 Å². The minimum Gasteiger partial charge on any atom is -0.469 e. The molecule has 132 valence electrons. The van der Waals surface area contributed by atoms with Crippen molar-refractivity contribution in [2.45, 2.75) is 51.6 Å². The van der Waals surface area contributed by atoms with E-state index in [4.69, 9.17) is 4.74 Å². The molecule has 6 heteroatoms. The average molecular weight is 333 g/mol. The van der Waals surface area contributed by atoms with Crippen LogP contribution in [0.2, 0.25) is 0 Å². The molecule has 1 aromatic rings. The lowest BCUT2D eigenvalue weighted by Crippen LogP contribution is -2.47. The molecule has 1 heterocycles. The van der Waals surface area contributed by atoms with Crippen LogP contribution in [-0.4, -0.2) is 41.6 Å². The van der Waals surface area contributed by atoms with Gasteiger partial charge in [0.2, 0.25) is 0 Å². The molecule has 0 saturated heterocycles. The summed E-state index contributed by atoms with van der Waals surface area (Å²) in [6, 6.07) is 5.70. The Bertz CT molecular complexity index is 530. The Kier molecular flexibility index (Phi) is 7.03. The molecule has 1 fully saturated rings. The number of carbonyl (C=O) groups is 2. The number of ether oxygens (including phenoxy) is 1. The molecule has 0 radical (unpaired) electrons. The van der Waals surface area contributed by atoms with E-state index in [-0.39, 0.29) is 24.0 Å². The van der Waals surface area contributed by atoms with Crippen molar-refractivity contribution in [3.05, 3.63) is 30.1 Å². The first-order chi connectivity index (χ1) is 11.6. The Balaban J connectivity index is 2.02. The van der Waals surface area contributed by atoms with Crippen LogP contribution in [-0.2, 0) is 16.1 Å². The smallest absolute Gasteiger partial charge is 0.317 e. The van der Waals surface area contributed by atoms with Crippen molar-refractivity contribution < 1.29 is 14.3 Å². The first-order valence-corrected chi connectivity index (χ1v) is 8.63. The van der Waals surface area contributed by atoms with Crippen LogP contribution in [0.4, 0.5) is 4.79 Å². The monoisotopic (exact) mass is 333 g/mol. The summed E-state index contributed by atoms with van der Waals surface area (Å²) in [6.07, 6.45) is 7.30. The fourth-order valence-electron chi connectivity index (χ4n) is 3.03. The van der Waals surface area contributed by atoms with Gasteiger partial charge in [-0.25, -0.2) is 4.79 Å². The lowest BCUT2D eigenvalue weighted by atomic mass is 9.96. The minimum absolute atomic E-state index is 0.136. The summed E-state index contributed by atoms with van der Waals surface area (Å²) in [6.45, 7) is 2.45. The van der Waals surface area contributed by atoms with Gasteiger partial charge in [0, 0.05) is 18.8 Å². The molecule has 1 aliphatic carbocycles. The van der Waals surface area contributed by atoms with E-state index in [9.17, 15) is 9.59 Å². The standard InChI is InChI=1S/C18H27N3O3/c1-14(17(22)24-2)12-21(13-16-10-6-7-11-19-16)18(23)20-15-8-4-3-5-9-15/h6-7,10-11,14-15H,3-5,8-9,12-13H2,1-2H3,(H,20,23). The molecule has 2 amide bonds. The van der Waals surface area contributed by atoms with Crippen molar-refractivity contribution in [3.63, 3.8) is 0 Å². The van der Waals surface area contributed by atoms with E-state index in [0.717, 1.165) is 31.4 Å². The number of aromatic nitrogens is 1. The topological polar surface area (TPSA) is 71.5 Å². The van der Waals surface area contributed by atoms with E-state index in [1.54, 1.807) is 18.0 Å². The van der Waals surface area contributed by atoms with Gasteiger partial charge >= 0.3 is 12.0 Å². The van der Waals surface area contributed by atoms with Gasteiger partial charge in [0.25, 0.3) is 0 Å². The number of rotatable bonds is 6. The number of hydrogen-bond acceptors (Lipinski definition) is 4. The van der Waals surface area contributed by atoms with Crippen LogP contribution in [0.5, 0.6) is 0 Å². The van der Waals surface area contributed by atoms with Crippen molar-refractivity contribution >= 4 is 12.0 Å². The Morgan fingerprint density at radius 1 is 1.33 bits per heavy atom. The first-order valence-electron chi connectivity index (χ1n) is 8.63. The first kappa shape index (κ1) is 18.2. The summed E-state index contributed by atoms with van der Waals surface area (Å²) < 4.78 is 4.78. The Labute approximate surface area is 143 Å². The van der Waals surface area contributed by atoms with Gasteiger partial charge in [-0.2, -0.15) is 0 Å². The summed E-state index contributed by atoms with van der Waals surface area (Å²) in [5.74, 6) is -0.692. The fraction of sp³-hybridized carbons (Fsp3) is 0.611. The molecule has 1 unspecified atom stereocenters. The maximum absolute atomic E-state index is 12.7. The van der Waals surface area contributed by atoms with E-state index >= 15 is 0 Å². The average Bonchev–Trinajstić information content (AvgIpc) is 2.62. The van der Waals surface area contributed by atoms with Gasteiger partial charge in [-0.05, 0) is 25.0 Å². The number of hydrogen-bond donors (Lipinski definition) is 1. The van der Waals surface area contributed by atoms with Crippen LogP contribution in [0, 0.1) is 5.92 Å². The Hall–Kier alpha value is -2.11. The SMILES string of the molecule is COC(=O)C(C)CN(Cc1ccccn1)C(=O)NC1CCCCC1. The summed E-state index contributed by atoms with van der Waals surface area (Å²) >= 11 is 0. The normalized spacial score (nSPS) is 16.2.